The van der Waals surface area contributed by atoms with Crippen molar-refractivity contribution in [2.45, 2.75) is 85.0 Å². The van der Waals surface area contributed by atoms with Crippen LogP contribution in [0.25, 0.3) is 0 Å². The molecule has 0 saturated carbocycles. The highest BCUT2D eigenvalue weighted by Crippen LogP contribution is 2.44. The normalized spacial score (nSPS) is 11.9. The van der Waals surface area contributed by atoms with Crippen molar-refractivity contribution in [2.75, 3.05) is 13.7 Å². The van der Waals surface area contributed by atoms with Crippen molar-refractivity contribution in [1.82, 2.24) is 0 Å². The second-order valence-corrected chi connectivity index (χ2v) is 10.4. The summed E-state index contributed by atoms with van der Waals surface area (Å²) in [6, 6.07) is 9.76. The Morgan fingerprint density at radius 2 is 1.53 bits per heavy atom. The van der Waals surface area contributed by atoms with Gasteiger partial charge < -0.3 is 14.2 Å². The summed E-state index contributed by atoms with van der Waals surface area (Å²) in [6.45, 7) is 15.9. The number of benzene rings is 2. The molecule has 0 unspecified atom stereocenters. The average Bonchev–Trinajstić information content (AvgIpc) is 2.72. The van der Waals surface area contributed by atoms with E-state index in [0.717, 1.165) is 30.4 Å². The Morgan fingerprint density at radius 3 is 2.09 bits per heavy atom. The summed E-state index contributed by atoms with van der Waals surface area (Å²) in [5.41, 5.74) is 2.75. The van der Waals surface area contributed by atoms with Crippen LogP contribution in [0.15, 0.2) is 30.3 Å². The molecule has 4 heteroatoms. The third-order valence-electron chi connectivity index (χ3n) is 5.52. The van der Waals surface area contributed by atoms with E-state index in [1.807, 2.05) is 6.07 Å². The minimum absolute atomic E-state index is 0.0337. The van der Waals surface area contributed by atoms with Crippen molar-refractivity contribution in [1.29, 1.82) is 0 Å². The van der Waals surface area contributed by atoms with Gasteiger partial charge in [-0.05, 0) is 41.0 Å². The third-order valence-corrected chi connectivity index (χ3v) is 5.52. The molecule has 0 aliphatic heterocycles. The molecule has 0 aliphatic carbocycles. The first-order valence-corrected chi connectivity index (χ1v) is 11.6. The second kappa shape index (κ2) is 10.9. The number of hydrogen-bond acceptors (Lipinski definition) is 4. The second-order valence-electron chi connectivity index (χ2n) is 10.4. The Morgan fingerprint density at radius 1 is 0.844 bits per heavy atom. The van der Waals surface area contributed by atoms with Crippen LogP contribution in [-0.4, -0.2) is 20.0 Å². The average molecular weight is 441 g/mol. The zero-order chi connectivity index (χ0) is 23.9. The molecule has 0 saturated heterocycles. The number of methoxy groups -OCH3 is 1. The molecular weight excluding hydrogens is 400 g/mol. The lowest BCUT2D eigenvalue weighted by atomic mass is 9.80. The molecule has 32 heavy (non-hydrogen) atoms. The molecule has 2 aromatic rings. The molecule has 0 N–H and O–H groups in total. The summed E-state index contributed by atoms with van der Waals surface area (Å²) in [4.78, 5) is 11.6. The summed E-state index contributed by atoms with van der Waals surface area (Å²) in [5, 5.41) is 0. The smallest absolute Gasteiger partial charge is 0.204 e. The minimum Gasteiger partial charge on any atom is -0.493 e. The van der Waals surface area contributed by atoms with Gasteiger partial charge in [0.1, 0.15) is 12.0 Å². The quantitative estimate of drug-likeness (QED) is 0.279. The Kier molecular flexibility index (Phi) is 8.77. The maximum atomic E-state index is 11.6. The van der Waals surface area contributed by atoms with E-state index in [1.54, 1.807) is 19.2 Å². The minimum atomic E-state index is -0.121. The number of rotatable bonds is 10. The fourth-order valence-corrected chi connectivity index (χ4v) is 3.53. The largest absolute Gasteiger partial charge is 0.493 e. The Balaban J connectivity index is 2.49. The van der Waals surface area contributed by atoms with E-state index in [1.165, 1.54) is 18.4 Å². The van der Waals surface area contributed by atoms with Gasteiger partial charge in [0, 0.05) is 11.1 Å². The number of unbranched alkanes of at least 4 members (excludes halogenated alkanes) is 3. The molecule has 4 nitrogen and oxygen atoms in total. The molecule has 0 aromatic heterocycles. The van der Waals surface area contributed by atoms with Gasteiger partial charge in [0.15, 0.2) is 11.5 Å². The van der Waals surface area contributed by atoms with Crippen molar-refractivity contribution >= 4 is 6.29 Å². The lowest BCUT2D eigenvalue weighted by Gasteiger charge is -2.27. The van der Waals surface area contributed by atoms with E-state index in [9.17, 15) is 4.79 Å². The third kappa shape index (κ3) is 6.75. The molecule has 176 valence electrons. The number of carbonyl (C=O) groups is 1. The zero-order valence-electron chi connectivity index (χ0n) is 21.1. The van der Waals surface area contributed by atoms with Gasteiger partial charge in [-0.1, -0.05) is 79.9 Å². The molecule has 2 rings (SSSR count). The number of hydrogen-bond donors (Lipinski definition) is 0. The first-order valence-electron chi connectivity index (χ1n) is 11.6. The summed E-state index contributed by atoms with van der Waals surface area (Å²) in [5.74, 6) is 2.29. The van der Waals surface area contributed by atoms with Crippen molar-refractivity contribution < 1.29 is 19.0 Å². The van der Waals surface area contributed by atoms with Crippen LogP contribution in [0.3, 0.4) is 0 Å². The maximum Gasteiger partial charge on any atom is 0.204 e. The molecule has 0 spiro atoms. The fraction of sp³-hybridized carbons (Fsp3) is 0.536. The number of ether oxygens (including phenoxy) is 3. The Labute approximate surface area is 194 Å². The van der Waals surface area contributed by atoms with Crippen molar-refractivity contribution in [2.24, 2.45) is 0 Å². The van der Waals surface area contributed by atoms with Crippen molar-refractivity contribution in [3.05, 3.63) is 47.0 Å². The maximum absolute atomic E-state index is 11.6. The van der Waals surface area contributed by atoms with Gasteiger partial charge in [-0.15, -0.1) is 0 Å². The number of carbonyl (C=O) groups excluding carboxylic acids is 1. The van der Waals surface area contributed by atoms with Gasteiger partial charge in [0.2, 0.25) is 5.75 Å². The monoisotopic (exact) mass is 440 g/mol. The van der Waals surface area contributed by atoms with E-state index >= 15 is 0 Å². The van der Waals surface area contributed by atoms with Crippen LogP contribution in [-0.2, 0) is 10.8 Å². The molecule has 0 amide bonds. The topological polar surface area (TPSA) is 44.8 Å². The molecule has 0 aliphatic rings. The van der Waals surface area contributed by atoms with Gasteiger partial charge in [-0.25, -0.2) is 0 Å². The molecule has 0 atom stereocenters. The van der Waals surface area contributed by atoms with E-state index < -0.39 is 0 Å². The predicted molar refractivity (Wildman–Crippen MR) is 132 cm³/mol. The molecule has 0 fully saturated rings. The van der Waals surface area contributed by atoms with E-state index in [4.69, 9.17) is 14.2 Å². The standard InChI is InChI=1S/C28H40O4/c1-9-10-11-12-15-31-26-24(30-8)16-20(19-29)17-25(26)32-23-14-13-21(27(2,3)4)18-22(23)28(5,6)7/h13-14,16-19H,9-12,15H2,1-8H3. The van der Waals surface area contributed by atoms with Crippen LogP contribution < -0.4 is 14.2 Å². The summed E-state index contributed by atoms with van der Waals surface area (Å²) in [6.07, 6.45) is 5.23. The fourth-order valence-electron chi connectivity index (χ4n) is 3.53. The zero-order valence-corrected chi connectivity index (χ0v) is 21.1. The van der Waals surface area contributed by atoms with Crippen LogP contribution in [0.5, 0.6) is 23.0 Å². The van der Waals surface area contributed by atoms with Crippen LogP contribution in [0.4, 0.5) is 0 Å². The molecular formula is C28H40O4. The highest BCUT2D eigenvalue weighted by atomic mass is 16.5. The van der Waals surface area contributed by atoms with Crippen molar-refractivity contribution in [3.8, 4) is 23.0 Å². The first kappa shape index (κ1) is 25.8. The van der Waals surface area contributed by atoms with Gasteiger partial charge in [0.25, 0.3) is 0 Å². The Bertz CT molecular complexity index is 901. The van der Waals surface area contributed by atoms with Gasteiger partial charge >= 0.3 is 0 Å². The highest BCUT2D eigenvalue weighted by molar-refractivity contribution is 5.78. The SMILES string of the molecule is CCCCCCOc1c(OC)cc(C=O)cc1Oc1ccc(C(C)(C)C)cc1C(C)(C)C. The van der Waals surface area contributed by atoms with Gasteiger partial charge in [0.05, 0.1) is 13.7 Å². The van der Waals surface area contributed by atoms with Crippen LogP contribution >= 0.6 is 0 Å². The highest BCUT2D eigenvalue weighted by Gasteiger charge is 2.25. The molecule has 0 heterocycles. The van der Waals surface area contributed by atoms with Gasteiger partial charge in [-0.3, -0.25) is 4.79 Å². The lowest BCUT2D eigenvalue weighted by Crippen LogP contribution is -2.17. The van der Waals surface area contributed by atoms with Crippen molar-refractivity contribution in [3.63, 3.8) is 0 Å². The summed E-state index contributed by atoms with van der Waals surface area (Å²) in [7, 11) is 1.58. The van der Waals surface area contributed by atoms with Crippen LogP contribution in [0.1, 0.15) is 95.6 Å². The number of aldehydes is 1. The van der Waals surface area contributed by atoms with E-state index in [0.29, 0.717) is 29.4 Å². The van der Waals surface area contributed by atoms with Crippen LogP contribution in [0.2, 0.25) is 0 Å². The van der Waals surface area contributed by atoms with E-state index in [-0.39, 0.29) is 10.8 Å². The Hall–Kier alpha value is -2.49. The van der Waals surface area contributed by atoms with Crippen LogP contribution in [0, 0.1) is 0 Å². The van der Waals surface area contributed by atoms with Gasteiger partial charge in [-0.2, -0.15) is 0 Å². The van der Waals surface area contributed by atoms with E-state index in [2.05, 4.69) is 60.6 Å². The summed E-state index contributed by atoms with van der Waals surface area (Å²) < 4.78 is 18.1. The molecule has 0 bridgehead atoms. The molecule has 0 radical (unpaired) electrons. The first-order chi connectivity index (χ1) is 15.0. The lowest BCUT2D eigenvalue weighted by molar-refractivity contribution is 0.112. The predicted octanol–water partition coefficient (Wildman–Crippen LogP) is 7.85. The summed E-state index contributed by atoms with van der Waals surface area (Å²) >= 11 is 0. The molecule has 2 aromatic carbocycles.